The fourth-order valence-electron chi connectivity index (χ4n) is 3.01. The van der Waals surface area contributed by atoms with Crippen LogP contribution in [0.5, 0.6) is 0 Å². The van der Waals surface area contributed by atoms with Crippen molar-refractivity contribution in [2.24, 2.45) is 4.99 Å². The minimum Gasteiger partial charge on any atom is -0.476 e. The van der Waals surface area contributed by atoms with Gasteiger partial charge in [-0.15, -0.1) is 11.3 Å². The molecule has 2 N–H and O–H groups in total. The van der Waals surface area contributed by atoms with Crippen molar-refractivity contribution >= 4 is 28.8 Å². The predicted octanol–water partition coefficient (Wildman–Crippen LogP) is 4.01. The second-order valence-corrected chi connectivity index (χ2v) is 7.29. The number of carboxylic acid groups (broad SMARTS) is 1. The van der Waals surface area contributed by atoms with Crippen LogP contribution in [0.3, 0.4) is 0 Å². The Kier molecular flexibility index (Phi) is 3.81. The fraction of sp³-hybridized carbons (Fsp3) is 0.158. The molecule has 6 nitrogen and oxygen atoms in total. The molecule has 0 bridgehead atoms. The Balaban J connectivity index is 1.74. The van der Waals surface area contributed by atoms with E-state index in [-0.39, 0.29) is 11.2 Å². The van der Waals surface area contributed by atoms with Gasteiger partial charge in [0, 0.05) is 28.4 Å². The number of nitrogens with one attached hydrogen (secondary N) is 1. The van der Waals surface area contributed by atoms with Gasteiger partial charge in [0.1, 0.15) is 0 Å². The number of aromatic carboxylic acids is 1. The van der Waals surface area contributed by atoms with Gasteiger partial charge in [-0.25, -0.2) is 14.8 Å². The van der Waals surface area contributed by atoms with Crippen molar-refractivity contribution in [3.63, 3.8) is 0 Å². The molecule has 0 atom stereocenters. The average molecular weight is 364 g/mol. The molecule has 130 valence electrons. The quantitative estimate of drug-likeness (QED) is 0.733. The lowest BCUT2D eigenvalue weighted by Crippen LogP contribution is -2.29. The Labute approximate surface area is 154 Å². The molecule has 0 spiro atoms. The van der Waals surface area contributed by atoms with Crippen molar-refractivity contribution in [3.8, 4) is 11.3 Å². The number of hydrogen-bond acceptors (Lipinski definition) is 6. The first-order chi connectivity index (χ1) is 12.5. The van der Waals surface area contributed by atoms with Crippen LogP contribution >= 0.6 is 11.3 Å². The van der Waals surface area contributed by atoms with Crippen LogP contribution in [0.1, 0.15) is 34.9 Å². The normalized spacial score (nSPS) is 14.9. The molecule has 2 aromatic heterocycles. The third kappa shape index (κ3) is 2.76. The van der Waals surface area contributed by atoms with Crippen molar-refractivity contribution in [3.05, 3.63) is 64.2 Å². The standard InChI is InChI=1S/C19H16N4O2S/c1-19(2)12-7-3-4-8-13(12)21-16(23-19)17-22-14(10-26-17)11-6-5-9-20-15(11)18(24)25/h3-10H,1-2H3,(H,21,23)(H,24,25). The van der Waals surface area contributed by atoms with Crippen molar-refractivity contribution in [2.45, 2.75) is 19.4 Å². The van der Waals surface area contributed by atoms with Crippen LogP contribution in [0.25, 0.3) is 11.3 Å². The van der Waals surface area contributed by atoms with E-state index in [1.807, 2.05) is 23.6 Å². The summed E-state index contributed by atoms with van der Waals surface area (Å²) in [6.45, 7) is 4.12. The van der Waals surface area contributed by atoms with Gasteiger partial charge in [0.15, 0.2) is 16.5 Å². The number of para-hydroxylation sites is 1. The van der Waals surface area contributed by atoms with Crippen LogP contribution < -0.4 is 5.32 Å². The summed E-state index contributed by atoms with van der Waals surface area (Å²) >= 11 is 1.42. The molecule has 26 heavy (non-hydrogen) atoms. The van der Waals surface area contributed by atoms with Gasteiger partial charge >= 0.3 is 5.97 Å². The molecule has 0 unspecified atom stereocenters. The van der Waals surface area contributed by atoms with E-state index in [0.717, 1.165) is 11.3 Å². The van der Waals surface area contributed by atoms with Crippen molar-refractivity contribution in [2.75, 3.05) is 5.32 Å². The molecule has 1 aromatic carbocycles. The number of benzene rings is 1. The van der Waals surface area contributed by atoms with Crippen LogP contribution in [0.2, 0.25) is 0 Å². The zero-order valence-electron chi connectivity index (χ0n) is 14.2. The number of aliphatic imine (C=N–C) groups is 1. The Bertz CT molecular complexity index is 1040. The van der Waals surface area contributed by atoms with Gasteiger partial charge in [0.25, 0.3) is 0 Å². The van der Waals surface area contributed by atoms with Crippen LogP contribution in [0.15, 0.2) is 53.0 Å². The largest absolute Gasteiger partial charge is 0.476 e. The van der Waals surface area contributed by atoms with E-state index in [2.05, 4.69) is 35.2 Å². The van der Waals surface area contributed by atoms with Gasteiger partial charge in [-0.3, -0.25) is 4.99 Å². The summed E-state index contributed by atoms with van der Waals surface area (Å²) in [4.78, 5) is 24.8. The molecule has 4 rings (SSSR count). The molecule has 0 saturated heterocycles. The summed E-state index contributed by atoms with van der Waals surface area (Å²) < 4.78 is 0. The van der Waals surface area contributed by atoms with Gasteiger partial charge in [-0.1, -0.05) is 18.2 Å². The molecule has 7 heteroatoms. The monoisotopic (exact) mass is 364 g/mol. The highest BCUT2D eigenvalue weighted by Crippen LogP contribution is 2.36. The third-order valence-corrected chi connectivity index (χ3v) is 5.07. The van der Waals surface area contributed by atoms with Crippen LogP contribution in [-0.4, -0.2) is 26.9 Å². The molecular formula is C19H16N4O2S. The summed E-state index contributed by atoms with van der Waals surface area (Å²) in [5.74, 6) is -0.385. The number of rotatable bonds is 3. The highest BCUT2D eigenvalue weighted by Gasteiger charge is 2.29. The maximum absolute atomic E-state index is 11.4. The number of carbonyl (C=O) groups is 1. The zero-order valence-corrected chi connectivity index (χ0v) is 15.0. The lowest BCUT2D eigenvalue weighted by Gasteiger charge is -2.30. The Hall–Kier alpha value is -3.06. The maximum Gasteiger partial charge on any atom is 0.355 e. The number of fused-ring (bicyclic) bond motifs is 1. The van der Waals surface area contributed by atoms with E-state index in [1.54, 1.807) is 12.1 Å². The lowest BCUT2D eigenvalue weighted by atomic mass is 9.92. The lowest BCUT2D eigenvalue weighted by molar-refractivity contribution is 0.0691. The number of aromatic nitrogens is 2. The number of amidine groups is 1. The Morgan fingerprint density at radius 3 is 2.81 bits per heavy atom. The fourth-order valence-corrected chi connectivity index (χ4v) is 3.77. The van der Waals surface area contributed by atoms with Gasteiger partial charge in [0.05, 0.1) is 11.2 Å². The molecule has 0 radical (unpaired) electrons. The summed E-state index contributed by atoms with van der Waals surface area (Å²) in [6.07, 6.45) is 1.46. The van der Waals surface area contributed by atoms with Crippen molar-refractivity contribution < 1.29 is 9.90 Å². The number of carboxylic acids is 1. The molecule has 0 amide bonds. The molecule has 3 aromatic rings. The molecule has 0 saturated carbocycles. The minimum absolute atomic E-state index is 0.00596. The van der Waals surface area contributed by atoms with Crippen LogP contribution in [-0.2, 0) is 5.54 Å². The van der Waals surface area contributed by atoms with Crippen LogP contribution in [0.4, 0.5) is 5.69 Å². The first-order valence-corrected chi connectivity index (χ1v) is 8.94. The number of hydrogen-bond donors (Lipinski definition) is 2. The molecule has 1 aliphatic rings. The molecule has 0 fully saturated rings. The van der Waals surface area contributed by atoms with E-state index in [4.69, 9.17) is 4.99 Å². The van der Waals surface area contributed by atoms with E-state index in [9.17, 15) is 9.90 Å². The van der Waals surface area contributed by atoms with Gasteiger partial charge in [-0.05, 0) is 32.0 Å². The third-order valence-electron chi connectivity index (χ3n) is 4.22. The van der Waals surface area contributed by atoms with Crippen LogP contribution in [0, 0.1) is 0 Å². The summed E-state index contributed by atoms with van der Waals surface area (Å²) in [5, 5.41) is 15.2. The summed E-state index contributed by atoms with van der Waals surface area (Å²) in [6, 6.07) is 11.5. The average Bonchev–Trinajstić information content (AvgIpc) is 3.11. The van der Waals surface area contributed by atoms with E-state index in [0.29, 0.717) is 22.1 Å². The summed E-state index contributed by atoms with van der Waals surface area (Å²) in [7, 11) is 0. The second-order valence-electron chi connectivity index (χ2n) is 6.43. The molecule has 0 aliphatic carbocycles. The van der Waals surface area contributed by atoms with Gasteiger partial charge in [0.2, 0.25) is 0 Å². The number of thiazole rings is 1. The Morgan fingerprint density at radius 1 is 1.19 bits per heavy atom. The molecule has 3 heterocycles. The highest BCUT2D eigenvalue weighted by molar-refractivity contribution is 7.12. The Morgan fingerprint density at radius 2 is 2.00 bits per heavy atom. The summed E-state index contributed by atoms with van der Waals surface area (Å²) in [5.41, 5.74) is 2.83. The topological polar surface area (TPSA) is 87.5 Å². The highest BCUT2D eigenvalue weighted by atomic mass is 32.1. The SMILES string of the molecule is CC1(C)N=C(c2nc(-c3cccnc3C(=O)O)cs2)Nc2ccccc21. The first-order valence-electron chi connectivity index (χ1n) is 8.07. The van der Waals surface area contributed by atoms with Gasteiger partial charge in [-0.2, -0.15) is 0 Å². The zero-order chi connectivity index (χ0) is 18.3. The first kappa shape index (κ1) is 16.4. The van der Waals surface area contributed by atoms with Crippen molar-refractivity contribution in [1.29, 1.82) is 0 Å². The number of anilines is 1. The second kappa shape index (κ2) is 6.03. The van der Waals surface area contributed by atoms with Crippen molar-refractivity contribution in [1.82, 2.24) is 9.97 Å². The molecular weight excluding hydrogens is 348 g/mol. The minimum atomic E-state index is -1.07. The maximum atomic E-state index is 11.4. The number of pyridine rings is 1. The predicted molar refractivity (Wildman–Crippen MR) is 102 cm³/mol. The van der Waals surface area contributed by atoms with Gasteiger partial charge < -0.3 is 10.4 Å². The smallest absolute Gasteiger partial charge is 0.355 e. The number of nitrogens with zero attached hydrogens (tertiary/aromatic N) is 3. The van der Waals surface area contributed by atoms with E-state index < -0.39 is 5.97 Å². The van der Waals surface area contributed by atoms with E-state index in [1.165, 1.54) is 17.5 Å². The molecule has 1 aliphatic heterocycles. The van der Waals surface area contributed by atoms with E-state index >= 15 is 0 Å².